The highest BCUT2D eigenvalue weighted by Gasteiger charge is 2.20. The minimum absolute atomic E-state index is 0. The van der Waals surface area contributed by atoms with E-state index in [1.54, 1.807) is 6.33 Å². The summed E-state index contributed by atoms with van der Waals surface area (Å²) in [5.74, 6) is 1.58. The summed E-state index contributed by atoms with van der Waals surface area (Å²) in [6.07, 6.45) is 5.18. The molecule has 1 fully saturated rings. The van der Waals surface area contributed by atoms with Gasteiger partial charge in [0.1, 0.15) is 12.9 Å². The molecule has 142 valence electrons. The van der Waals surface area contributed by atoms with Crippen molar-refractivity contribution in [2.45, 2.75) is 51.3 Å². The largest absolute Gasteiger partial charge is 0.393 e. The molecule has 3 rings (SSSR count). The van der Waals surface area contributed by atoms with E-state index in [4.69, 9.17) is 0 Å². The Morgan fingerprint density at radius 1 is 1.23 bits per heavy atom. The maximum Gasteiger partial charge on any atom is 0.191 e. The van der Waals surface area contributed by atoms with Crippen LogP contribution in [0.15, 0.2) is 41.7 Å². The Balaban J connectivity index is 0.00000243. The lowest BCUT2D eigenvalue weighted by atomic mass is 9.93. The number of halogens is 1. The van der Waals surface area contributed by atoms with Crippen molar-refractivity contribution in [3.05, 3.63) is 42.5 Å². The number of para-hydroxylation sites is 1. The first-order valence-electron chi connectivity index (χ1n) is 8.93. The summed E-state index contributed by atoms with van der Waals surface area (Å²) in [5, 5.41) is 24.6. The predicted octanol–water partition coefficient (Wildman–Crippen LogP) is 2.24. The number of guanidine groups is 1. The number of rotatable bonds is 5. The van der Waals surface area contributed by atoms with Crippen molar-refractivity contribution in [3.8, 4) is 5.69 Å². The smallest absolute Gasteiger partial charge is 0.191 e. The number of benzene rings is 1. The van der Waals surface area contributed by atoms with Gasteiger partial charge in [-0.25, -0.2) is 4.99 Å². The molecule has 3 N–H and O–H groups in total. The van der Waals surface area contributed by atoms with Gasteiger partial charge in [0.25, 0.3) is 0 Å². The van der Waals surface area contributed by atoms with E-state index in [-0.39, 0.29) is 30.1 Å². The van der Waals surface area contributed by atoms with Crippen LogP contribution in [0.25, 0.3) is 5.69 Å². The first kappa shape index (κ1) is 20.6. The number of aromatic nitrogens is 3. The summed E-state index contributed by atoms with van der Waals surface area (Å²) >= 11 is 0. The van der Waals surface area contributed by atoms with Crippen molar-refractivity contribution in [3.63, 3.8) is 0 Å². The number of aliphatic hydroxyl groups excluding tert-OH is 1. The van der Waals surface area contributed by atoms with Crippen LogP contribution in [0.3, 0.4) is 0 Å². The Bertz CT molecular complexity index is 682. The Labute approximate surface area is 171 Å². The van der Waals surface area contributed by atoms with E-state index in [1.807, 2.05) is 41.8 Å². The zero-order chi connectivity index (χ0) is 17.5. The van der Waals surface area contributed by atoms with Crippen molar-refractivity contribution in [2.24, 2.45) is 4.99 Å². The van der Waals surface area contributed by atoms with E-state index in [0.29, 0.717) is 12.6 Å². The Morgan fingerprint density at radius 3 is 2.65 bits per heavy atom. The lowest BCUT2D eigenvalue weighted by Crippen LogP contribution is -2.45. The van der Waals surface area contributed by atoms with Crippen LogP contribution in [0.5, 0.6) is 0 Å². The van der Waals surface area contributed by atoms with Crippen molar-refractivity contribution in [1.82, 2.24) is 25.4 Å². The number of hydrogen-bond donors (Lipinski definition) is 3. The van der Waals surface area contributed by atoms with Gasteiger partial charge in [0.05, 0.1) is 6.10 Å². The van der Waals surface area contributed by atoms with Crippen molar-refractivity contribution < 1.29 is 5.11 Å². The normalized spacial score (nSPS) is 20.3. The van der Waals surface area contributed by atoms with Crippen LogP contribution in [0.4, 0.5) is 0 Å². The molecule has 2 aromatic rings. The van der Waals surface area contributed by atoms with E-state index in [2.05, 4.69) is 25.8 Å². The molecule has 8 heteroatoms. The zero-order valence-electron chi connectivity index (χ0n) is 15.0. The number of nitrogens with zero attached hydrogens (tertiary/aromatic N) is 4. The maximum atomic E-state index is 9.64. The molecule has 7 nitrogen and oxygen atoms in total. The van der Waals surface area contributed by atoms with Gasteiger partial charge in [-0.05, 0) is 44.7 Å². The second-order valence-electron chi connectivity index (χ2n) is 6.30. The third-order valence-electron chi connectivity index (χ3n) is 4.41. The third kappa shape index (κ3) is 5.66. The van der Waals surface area contributed by atoms with E-state index < -0.39 is 0 Å². The average molecular weight is 470 g/mol. The molecule has 1 aliphatic rings. The molecular weight excluding hydrogens is 443 g/mol. The highest BCUT2D eigenvalue weighted by Crippen LogP contribution is 2.18. The van der Waals surface area contributed by atoms with Crippen LogP contribution in [-0.2, 0) is 6.54 Å². The maximum absolute atomic E-state index is 9.64. The number of aliphatic hydroxyl groups is 1. The van der Waals surface area contributed by atoms with E-state index in [9.17, 15) is 5.11 Å². The molecule has 1 aromatic heterocycles. The molecule has 1 aliphatic carbocycles. The summed E-state index contributed by atoms with van der Waals surface area (Å²) in [7, 11) is 0. The van der Waals surface area contributed by atoms with Crippen LogP contribution in [0.2, 0.25) is 0 Å². The molecule has 0 unspecified atom stereocenters. The molecule has 26 heavy (non-hydrogen) atoms. The van der Waals surface area contributed by atoms with Gasteiger partial charge in [-0.1, -0.05) is 18.2 Å². The third-order valence-corrected chi connectivity index (χ3v) is 4.41. The first-order valence-corrected chi connectivity index (χ1v) is 8.93. The topological polar surface area (TPSA) is 87.4 Å². The molecule has 1 saturated carbocycles. The lowest BCUT2D eigenvalue weighted by molar-refractivity contribution is 0.120. The van der Waals surface area contributed by atoms with Crippen molar-refractivity contribution in [1.29, 1.82) is 0 Å². The molecule has 1 heterocycles. The minimum atomic E-state index is -0.151. The Morgan fingerprint density at radius 2 is 1.96 bits per heavy atom. The fourth-order valence-corrected chi connectivity index (χ4v) is 3.05. The highest BCUT2D eigenvalue weighted by molar-refractivity contribution is 14.0. The number of nitrogens with one attached hydrogen (secondary N) is 2. The molecule has 0 saturated heterocycles. The van der Waals surface area contributed by atoms with Crippen LogP contribution < -0.4 is 10.6 Å². The summed E-state index contributed by atoms with van der Waals surface area (Å²) in [6, 6.07) is 10.4. The van der Waals surface area contributed by atoms with E-state index in [0.717, 1.165) is 49.7 Å². The van der Waals surface area contributed by atoms with E-state index >= 15 is 0 Å². The summed E-state index contributed by atoms with van der Waals surface area (Å²) in [5.41, 5.74) is 1.02. The van der Waals surface area contributed by atoms with Crippen LogP contribution in [-0.4, -0.2) is 44.5 Å². The van der Waals surface area contributed by atoms with Crippen LogP contribution >= 0.6 is 24.0 Å². The van der Waals surface area contributed by atoms with Gasteiger partial charge in [0.15, 0.2) is 11.8 Å². The summed E-state index contributed by atoms with van der Waals surface area (Å²) < 4.78 is 1.95. The molecular formula is C18H27IN6O. The van der Waals surface area contributed by atoms with Gasteiger partial charge in [0.2, 0.25) is 0 Å². The number of aliphatic imine (C=N–C) groups is 1. The van der Waals surface area contributed by atoms with Gasteiger partial charge in [-0.3, -0.25) is 4.57 Å². The summed E-state index contributed by atoms with van der Waals surface area (Å²) in [6.45, 7) is 3.29. The SMILES string of the molecule is CCNC(=NCc1nncn1-c1ccccc1)NC1CCC(O)CC1.I. The average Bonchev–Trinajstić information content (AvgIpc) is 3.11. The van der Waals surface area contributed by atoms with Crippen LogP contribution in [0, 0.1) is 0 Å². The van der Waals surface area contributed by atoms with Crippen molar-refractivity contribution in [2.75, 3.05) is 6.54 Å². The molecule has 1 aromatic carbocycles. The predicted molar refractivity (Wildman–Crippen MR) is 113 cm³/mol. The van der Waals surface area contributed by atoms with Gasteiger partial charge in [0, 0.05) is 18.3 Å². The minimum Gasteiger partial charge on any atom is -0.393 e. The molecule has 0 aliphatic heterocycles. The molecule has 0 atom stereocenters. The van der Waals surface area contributed by atoms with E-state index in [1.165, 1.54) is 0 Å². The van der Waals surface area contributed by atoms with Gasteiger partial charge in [-0.15, -0.1) is 34.2 Å². The fourth-order valence-electron chi connectivity index (χ4n) is 3.05. The van der Waals surface area contributed by atoms with Gasteiger partial charge in [-0.2, -0.15) is 0 Å². The molecule has 0 radical (unpaired) electrons. The van der Waals surface area contributed by atoms with Gasteiger partial charge < -0.3 is 15.7 Å². The molecule has 0 bridgehead atoms. The zero-order valence-corrected chi connectivity index (χ0v) is 17.3. The number of hydrogen-bond acceptors (Lipinski definition) is 4. The van der Waals surface area contributed by atoms with Crippen molar-refractivity contribution >= 4 is 29.9 Å². The molecule has 0 amide bonds. The van der Waals surface area contributed by atoms with Gasteiger partial charge >= 0.3 is 0 Å². The fraction of sp³-hybridized carbons (Fsp3) is 0.500. The second-order valence-corrected chi connectivity index (χ2v) is 6.30. The van der Waals surface area contributed by atoms with Crippen LogP contribution in [0.1, 0.15) is 38.4 Å². The summed E-state index contributed by atoms with van der Waals surface area (Å²) in [4.78, 5) is 4.66. The lowest BCUT2D eigenvalue weighted by Gasteiger charge is -2.27. The Hall–Kier alpha value is -1.68. The second kappa shape index (κ2) is 10.5. The molecule has 0 spiro atoms. The quantitative estimate of drug-likeness (QED) is 0.355. The standard InChI is InChI=1S/C18H26N6O.HI/c1-2-19-18(22-14-8-10-16(25)11-9-14)20-12-17-23-21-13-24(17)15-6-4-3-5-7-15;/h3-7,13-14,16,25H,2,8-12H2,1H3,(H2,19,20,22);1H. The first-order chi connectivity index (χ1) is 12.3. The monoisotopic (exact) mass is 470 g/mol. The highest BCUT2D eigenvalue weighted by atomic mass is 127. The Kier molecular flexibility index (Phi) is 8.30.